The third-order valence-corrected chi connectivity index (χ3v) is 5.61. The molecule has 1 heterocycles. The smallest absolute Gasteiger partial charge is 0.406 e. The predicted octanol–water partition coefficient (Wildman–Crippen LogP) is 4.74. The molecular formula is C18H15F3N2O2S2. The fourth-order valence-corrected chi connectivity index (χ4v) is 4.15. The Morgan fingerprint density at radius 1 is 1.15 bits per heavy atom. The number of rotatable bonds is 7. The number of carbonyl (C=O) groups is 1. The number of thiazole rings is 1. The van der Waals surface area contributed by atoms with Gasteiger partial charge < -0.3 is 10.1 Å². The lowest BCUT2D eigenvalue weighted by Gasteiger charge is -2.09. The van der Waals surface area contributed by atoms with Gasteiger partial charge >= 0.3 is 6.36 Å². The Labute approximate surface area is 161 Å². The maximum absolute atomic E-state index is 12.1. The molecule has 0 unspecified atom stereocenters. The molecule has 0 saturated carbocycles. The van der Waals surface area contributed by atoms with Gasteiger partial charge in [0.25, 0.3) is 0 Å². The molecule has 1 N–H and O–H groups in total. The van der Waals surface area contributed by atoms with Crippen LogP contribution in [0.5, 0.6) is 5.75 Å². The molecule has 142 valence electrons. The van der Waals surface area contributed by atoms with E-state index in [0.29, 0.717) is 11.3 Å². The van der Waals surface area contributed by atoms with Gasteiger partial charge in [0.2, 0.25) is 5.91 Å². The minimum Gasteiger partial charge on any atom is -0.406 e. The Hall–Kier alpha value is -2.26. The van der Waals surface area contributed by atoms with Crippen molar-refractivity contribution in [2.45, 2.75) is 18.7 Å². The van der Waals surface area contributed by atoms with Crippen LogP contribution in [-0.2, 0) is 17.1 Å². The zero-order chi connectivity index (χ0) is 19.3. The molecule has 3 rings (SSSR count). The number of carbonyl (C=O) groups excluding carboxylic acids is 1. The first-order chi connectivity index (χ1) is 12.9. The zero-order valence-corrected chi connectivity index (χ0v) is 15.6. The van der Waals surface area contributed by atoms with E-state index in [0.717, 1.165) is 15.2 Å². The number of hydrogen-bond donors (Lipinski definition) is 1. The van der Waals surface area contributed by atoms with E-state index in [2.05, 4.69) is 15.0 Å². The van der Waals surface area contributed by atoms with Crippen molar-refractivity contribution in [3.8, 4) is 5.75 Å². The molecule has 3 aromatic rings. The van der Waals surface area contributed by atoms with Crippen LogP contribution in [-0.4, -0.2) is 23.0 Å². The van der Waals surface area contributed by atoms with E-state index in [4.69, 9.17) is 0 Å². The number of aromatic nitrogens is 1. The minimum absolute atomic E-state index is 0.142. The highest BCUT2D eigenvalue weighted by Gasteiger charge is 2.30. The van der Waals surface area contributed by atoms with Crippen molar-refractivity contribution < 1.29 is 22.7 Å². The summed E-state index contributed by atoms with van der Waals surface area (Å²) in [6, 6.07) is 13.3. The number of halogens is 3. The Bertz CT molecular complexity index is 878. The number of amides is 1. The van der Waals surface area contributed by atoms with Gasteiger partial charge in [-0.1, -0.05) is 24.3 Å². The summed E-state index contributed by atoms with van der Waals surface area (Å²) in [6.45, 7) is 0.243. The monoisotopic (exact) mass is 412 g/mol. The van der Waals surface area contributed by atoms with Crippen LogP contribution in [0.4, 0.5) is 13.2 Å². The molecule has 0 bridgehead atoms. The van der Waals surface area contributed by atoms with E-state index >= 15 is 0 Å². The molecule has 0 saturated heterocycles. The molecule has 1 aromatic heterocycles. The summed E-state index contributed by atoms with van der Waals surface area (Å²) in [5, 5.41) is 3.71. The standard InChI is InChI=1S/C18H15F3N2O2S2/c19-18(20,21)25-13-7-5-12(6-8-13)9-22-16(24)10-26-11-17-23-14-3-1-2-4-15(14)27-17/h1-8H,9-11H2,(H,22,24). The highest BCUT2D eigenvalue weighted by molar-refractivity contribution is 7.99. The average molecular weight is 412 g/mol. The van der Waals surface area contributed by atoms with Gasteiger partial charge in [-0.05, 0) is 29.8 Å². The molecule has 9 heteroatoms. The van der Waals surface area contributed by atoms with E-state index in [-0.39, 0.29) is 24.0 Å². The molecule has 0 spiro atoms. The van der Waals surface area contributed by atoms with Crippen LogP contribution in [0.1, 0.15) is 10.6 Å². The van der Waals surface area contributed by atoms with Gasteiger partial charge in [-0.3, -0.25) is 4.79 Å². The summed E-state index contributed by atoms with van der Waals surface area (Å²) in [4.78, 5) is 16.4. The minimum atomic E-state index is -4.71. The van der Waals surface area contributed by atoms with Crippen molar-refractivity contribution in [3.63, 3.8) is 0 Å². The molecule has 0 aliphatic heterocycles. The summed E-state index contributed by atoms with van der Waals surface area (Å²) in [6.07, 6.45) is -4.71. The van der Waals surface area contributed by atoms with Gasteiger partial charge in [-0.25, -0.2) is 4.98 Å². The van der Waals surface area contributed by atoms with Crippen molar-refractivity contribution in [2.24, 2.45) is 0 Å². The first-order valence-electron chi connectivity index (χ1n) is 7.93. The SMILES string of the molecule is O=C(CSCc1nc2ccccc2s1)NCc1ccc(OC(F)(F)F)cc1. The number of nitrogens with one attached hydrogen (secondary N) is 1. The third kappa shape index (κ3) is 6.14. The maximum atomic E-state index is 12.1. The highest BCUT2D eigenvalue weighted by Crippen LogP contribution is 2.25. The molecule has 0 aliphatic rings. The van der Waals surface area contributed by atoms with Crippen LogP contribution in [0.15, 0.2) is 48.5 Å². The maximum Gasteiger partial charge on any atom is 0.573 e. The number of ether oxygens (including phenoxy) is 1. The van der Waals surface area contributed by atoms with E-state index in [1.54, 1.807) is 11.3 Å². The first kappa shape index (κ1) is 19.5. The third-order valence-electron chi connectivity index (χ3n) is 3.44. The van der Waals surface area contributed by atoms with Crippen molar-refractivity contribution in [1.82, 2.24) is 10.3 Å². The molecule has 27 heavy (non-hydrogen) atoms. The molecule has 0 aliphatic carbocycles. The number of hydrogen-bond acceptors (Lipinski definition) is 5. The second kappa shape index (κ2) is 8.62. The average Bonchev–Trinajstić information content (AvgIpc) is 3.02. The van der Waals surface area contributed by atoms with Gasteiger partial charge in [0.05, 0.1) is 16.0 Å². The van der Waals surface area contributed by atoms with Crippen LogP contribution < -0.4 is 10.1 Å². The first-order valence-corrected chi connectivity index (χ1v) is 9.90. The molecule has 0 radical (unpaired) electrons. The van der Waals surface area contributed by atoms with Gasteiger partial charge in [0.1, 0.15) is 10.8 Å². The largest absolute Gasteiger partial charge is 0.573 e. The fourth-order valence-electron chi connectivity index (χ4n) is 2.27. The van der Waals surface area contributed by atoms with Crippen LogP contribution in [0.25, 0.3) is 10.2 Å². The molecular weight excluding hydrogens is 397 g/mol. The lowest BCUT2D eigenvalue weighted by atomic mass is 10.2. The number of thioether (sulfide) groups is 1. The molecule has 1 amide bonds. The van der Waals surface area contributed by atoms with E-state index in [9.17, 15) is 18.0 Å². The number of benzene rings is 2. The topological polar surface area (TPSA) is 51.2 Å². The summed E-state index contributed by atoms with van der Waals surface area (Å²) in [7, 11) is 0. The van der Waals surface area contributed by atoms with Crippen LogP contribution in [0, 0.1) is 0 Å². The van der Waals surface area contributed by atoms with Crippen LogP contribution in [0.3, 0.4) is 0 Å². The molecule has 4 nitrogen and oxygen atoms in total. The fraction of sp³-hybridized carbons (Fsp3) is 0.222. The van der Waals surface area contributed by atoms with E-state index in [1.165, 1.54) is 36.0 Å². The lowest BCUT2D eigenvalue weighted by molar-refractivity contribution is -0.274. The molecule has 0 fully saturated rings. The second-order valence-electron chi connectivity index (χ2n) is 5.54. The summed E-state index contributed by atoms with van der Waals surface area (Å²) >= 11 is 3.07. The van der Waals surface area contributed by atoms with Gasteiger partial charge in [-0.2, -0.15) is 0 Å². The van der Waals surface area contributed by atoms with E-state index in [1.807, 2.05) is 24.3 Å². The normalized spacial score (nSPS) is 11.5. The van der Waals surface area contributed by atoms with Gasteiger partial charge in [0.15, 0.2) is 0 Å². The number of alkyl halides is 3. The Morgan fingerprint density at radius 2 is 1.89 bits per heavy atom. The number of fused-ring (bicyclic) bond motifs is 1. The number of para-hydroxylation sites is 1. The zero-order valence-electron chi connectivity index (χ0n) is 14.0. The van der Waals surface area contributed by atoms with Crippen molar-refractivity contribution in [2.75, 3.05) is 5.75 Å². The predicted molar refractivity (Wildman–Crippen MR) is 101 cm³/mol. The van der Waals surface area contributed by atoms with Crippen LogP contribution in [0.2, 0.25) is 0 Å². The Morgan fingerprint density at radius 3 is 2.59 bits per heavy atom. The van der Waals surface area contributed by atoms with Crippen molar-refractivity contribution in [1.29, 1.82) is 0 Å². The summed E-state index contributed by atoms with van der Waals surface area (Å²) < 4.78 is 41.3. The molecule has 0 atom stereocenters. The summed E-state index contributed by atoms with van der Waals surface area (Å²) in [5.74, 6) is 0.502. The quantitative estimate of drug-likeness (QED) is 0.609. The number of nitrogens with zero attached hydrogens (tertiary/aromatic N) is 1. The summed E-state index contributed by atoms with van der Waals surface area (Å²) in [5.41, 5.74) is 1.65. The highest BCUT2D eigenvalue weighted by atomic mass is 32.2. The van der Waals surface area contributed by atoms with Gasteiger partial charge in [0, 0.05) is 12.3 Å². The van der Waals surface area contributed by atoms with Gasteiger partial charge in [-0.15, -0.1) is 36.3 Å². The second-order valence-corrected chi connectivity index (χ2v) is 7.64. The Balaban J connectivity index is 1.40. The lowest BCUT2D eigenvalue weighted by Crippen LogP contribution is -2.24. The van der Waals surface area contributed by atoms with E-state index < -0.39 is 6.36 Å². The van der Waals surface area contributed by atoms with Crippen molar-refractivity contribution in [3.05, 3.63) is 59.1 Å². The van der Waals surface area contributed by atoms with Crippen molar-refractivity contribution >= 4 is 39.2 Å². The molecule has 2 aromatic carbocycles. The Kier molecular flexibility index (Phi) is 6.22. The van der Waals surface area contributed by atoms with Crippen LogP contribution >= 0.6 is 23.1 Å².